The first kappa shape index (κ1) is 11.7. The van der Waals surface area contributed by atoms with Gasteiger partial charge in [-0.25, -0.2) is 0 Å². The van der Waals surface area contributed by atoms with E-state index in [-0.39, 0.29) is 5.91 Å². The summed E-state index contributed by atoms with van der Waals surface area (Å²) in [4.78, 5) is 12.6. The number of carbonyl (C=O) groups excluding carboxylic acids is 1. The molecule has 0 radical (unpaired) electrons. The molecule has 0 saturated carbocycles. The van der Waals surface area contributed by atoms with Crippen LogP contribution in [0.25, 0.3) is 0 Å². The lowest BCUT2D eigenvalue weighted by Gasteiger charge is -2.14. The van der Waals surface area contributed by atoms with Crippen LogP contribution in [0.15, 0.2) is 36.5 Å². The van der Waals surface area contributed by atoms with Crippen LogP contribution < -0.4 is 0 Å². The largest absolute Gasteiger partial charge is 0.342 e. The first-order valence-electron chi connectivity index (χ1n) is 4.27. The Morgan fingerprint density at radius 2 is 2.15 bits per heavy atom. The summed E-state index contributed by atoms with van der Waals surface area (Å²) in [5, 5.41) is 0. The van der Waals surface area contributed by atoms with Crippen molar-refractivity contribution in [3.05, 3.63) is 36.5 Å². The molecule has 1 amide bonds. The Morgan fingerprint density at radius 1 is 1.54 bits per heavy atom. The maximum atomic E-state index is 10.9. The van der Waals surface area contributed by atoms with Gasteiger partial charge >= 0.3 is 0 Å². The summed E-state index contributed by atoms with van der Waals surface area (Å²) in [6.45, 7) is 7.76. The Balaban J connectivity index is 4.34. The van der Waals surface area contributed by atoms with Crippen LogP contribution in [-0.2, 0) is 4.79 Å². The van der Waals surface area contributed by atoms with Crippen molar-refractivity contribution in [1.82, 2.24) is 4.90 Å². The number of rotatable bonds is 4. The van der Waals surface area contributed by atoms with Crippen molar-refractivity contribution in [2.45, 2.75) is 13.8 Å². The maximum absolute atomic E-state index is 10.9. The van der Waals surface area contributed by atoms with Gasteiger partial charge in [-0.15, -0.1) is 0 Å². The number of allylic oxidation sites excluding steroid dienone is 3. The molecule has 0 saturated heterocycles. The van der Waals surface area contributed by atoms with Crippen LogP contribution in [-0.4, -0.2) is 24.4 Å². The second-order valence-electron chi connectivity index (χ2n) is 2.85. The summed E-state index contributed by atoms with van der Waals surface area (Å²) in [5.41, 5.74) is 1.08. The standard InChI is InChI=1S/C11H17NO/c1-5-7-11(8-6-2)9-12(4)10(3)13/h5-8H,1,9H2,2-4H3/b8-6-,11-7+. The third kappa shape index (κ3) is 5.01. The Hall–Kier alpha value is -1.31. The highest BCUT2D eigenvalue weighted by Crippen LogP contribution is 2.00. The molecular weight excluding hydrogens is 162 g/mol. The van der Waals surface area contributed by atoms with E-state index in [1.54, 1.807) is 24.9 Å². The van der Waals surface area contributed by atoms with Gasteiger partial charge in [0, 0.05) is 20.5 Å². The van der Waals surface area contributed by atoms with E-state index in [0.29, 0.717) is 6.54 Å². The molecule has 0 aromatic rings. The number of hydrogen-bond donors (Lipinski definition) is 0. The van der Waals surface area contributed by atoms with Gasteiger partial charge in [0.1, 0.15) is 0 Å². The van der Waals surface area contributed by atoms with Crippen LogP contribution in [0, 0.1) is 0 Å². The molecule has 0 N–H and O–H groups in total. The van der Waals surface area contributed by atoms with E-state index in [2.05, 4.69) is 6.58 Å². The van der Waals surface area contributed by atoms with Crippen molar-refractivity contribution in [2.75, 3.05) is 13.6 Å². The van der Waals surface area contributed by atoms with Crippen LogP contribution in [0.1, 0.15) is 13.8 Å². The van der Waals surface area contributed by atoms with E-state index in [0.717, 1.165) is 5.57 Å². The molecule has 0 bridgehead atoms. The van der Waals surface area contributed by atoms with Crippen LogP contribution in [0.4, 0.5) is 0 Å². The summed E-state index contributed by atoms with van der Waals surface area (Å²) < 4.78 is 0. The quantitative estimate of drug-likeness (QED) is 0.605. The molecule has 0 spiro atoms. The van der Waals surface area contributed by atoms with E-state index in [4.69, 9.17) is 0 Å². The highest BCUT2D eigenvalue weighted by Gasteiger charge is 2.02. The number of carbonyl (C=O) groups is 1. The van der Waals surface area contributed by atoms with Gasteiger partial charge in [0.05, 0.1) is 0 Å². The van der Waals surface area contributed by atoms with E-state index in [9.17, 15) is 4.79 Å². The molecule has 0 aliphatic carbocycles. The monoisotopic (exact) mass is 179 g/mol. The highest BCUT2D eigenvalue weighted by molar-refractivity contribution is 5.73. The molecule has 0 aromatic carbocycles. The van der Waals surface area contributed by atoms with E-state index in [1.807, 2.05) is 25.2 Å². The first-order chi connectivity index (χ1) is 6.11. The lowest BCUT2D eigenvalue weighted by atomic mass is 10.2. The average Bonchev–Trinajstić information content (AvgIpc) is 2.05. The topological polar surface area (TPSA) is 20.3 Å². The minimum absolute atomic E-state index is 0.0689. The molecule has 0 aromatic heterocycles. The molecule has 0 unspecified atom stereocenters. The van der Waals surface area contributed by atoms with Gasteiger partial charge in [-0.05, 0) is 12.5 Å². The van der Waals surface area contributed by atoms with Gasteiger partial charge in [0.25, 0.3) is 0 Å². The van der Waals surface area contributed by atoms with Gasteiger partial charge in [0.15, 0.2) is 0 Å². The smallest absolute Gasteiger partial charge is 0.219 e. The van der Waals surface area contributed by atoms with Crippen molar-refractivity contribution in [2.24, 2.45) is 0 Å². The van der Waals surface area contributed by atoms with Gasteiger partial charge in [-0.1, -0.05) is 30.9 Å². The SMILES string of the molecule is C=C/C=C(\C=C/C)CN(C)C(C)=O. The fourth-order valence-electron chi connectivity index (χ4n) is 0.912. The van der Waals surface area contributed by atoms with Crippen molar-refractivity contribution >= 4 is 5.91 Å². The second-order valence-corrected chi connectivity index (χ2v) is 2.85. The summed E-state index contributed by atoms with van der Waals surface area (Å²) in [7, 11) is 1.78. The van der Waals surface area contributed by atoms with Crippen LogP contribution in [0.2, 0.25) is 0 Å². The van der Waals surface area contributed by atoms with Crippen molar-refractivity contribution in [3.8, 4) is 0 Å². The Labute approximate surface area is 80.2 Å². The molecule has 0 aliphatic heterocycles. The fraction of sp³-hybridized carbons (Fsp3) is 0.364. The zero-order valence-corrected chi connectivity index (χ0v) is 8.58. The summed E-state index contributed by atoms with van der Waals surface area (Å²) in [6.07, 6.45) is 7.55. The van der Waals surface area contributed by atoms with Gasteiger partial charge < -0.3 is 4.90 Å². The Morgan fingerprint density at radius 3 is 2.54 bits per heavy atom. The molecule has 2 heteroatoms. The normalized spacial score (nSPS) is 11.8. The van der Waals surface area contributed by atoms with Crippen LogP contribution in [0.3, 0.4) is 0 Å². The molecule has 0 aliphatic rings. The Bertz CT molecular complexity index is 238. The van der Waals surface area contributed by atoms with E-state index >= 15 is 0 Å². The molecule has 72 valence electrons. The van der Waals surface area contributed by atoms with Gasteiger partial charge in [-0.2, -0.15) is 0 Å². The molecule has 2 nitrogen and oxygen atoms in total. The zero-order chi connectivity index (χ0) is 10.3. The van der Waals surface area contributed by atoms with E-state index < -0.39 is 0 Å². The van der Waals surface area contributed by atoms with Crippen LogP contribution >= 0.6 is 0 Å². The third-order valence-corrected chi connectivity index (χ3v) is 1.67. The third-order valence-electron chi connectivity index (χ3n) is 1.67. The minimum Gasteiger partial charge on any atom is -0.342 e. The lowest BCUT2D eigenvalue weighted by molar-refractivity contribution is -0.127. The lowest BCUT2D eigenvalue weighted by Crippen LogP contribution is -2.25. The summed E-state index contributed by atoms with van der Waals surface area (Å²) >= 11 is 0. The first-order valence-corrected chi connectivity index (χ1v) is 4.27. The predicted molar refractivity (Wildman–Crippen MR) is 56.4 cm³/mol. The van der Waals surface area contributed by atoms with Crippen molar-refractivity contribution in [1.29, 1.82) is 0 Å². The summed E-state index contributed by atoms with van der Waals surface area (Å²) in [6, 6.07) is 0. The second kappa shape index (κ2) is 6.23. The average molecular weight is 179 g/mol. The minimum atomic E-state index is 0.0689. The molecule has 0 atom stereocenters. The van der Waals surface area contributed by atoms with Gasteiger partial charge in [-0.3, -0.25) is 4.79 Å². The fourth-order valence-corrected chi connectivity index (χ4v) is 0.912. The zero-order valence-electron chi connectivity index (χ0n) is 8.58. The molecule has 0 heterocycles. The maximum Gasteiger partial charge on any atom is 0.219 e. The van der Waals surface area contributed by atoms with Crippen LogP contribution in [0.5, 0.6) is 0 Å². The summed E-state index contributed by atoms with van der Waals surface area (Å²) in [5.74, 6) is 0.0689. The molecule has 13 heavy (non-hydrogen) atoms. The van der Waals surface area contributed by atoms with E-state index in [1.165, 1.54) is 0 Å². The predicted octanol–water partition coefficient (Wildman–Crippen LogP) is 2.15. The molecule has 0 fully saturated rings. The highest BCUT2D eigenvalue weighted by atomic mass is 16.2. The number of likely N-dealkylation sites (N-methyl/N-ethyl adjacent to an activating group) is 1. The van der Waals surface area contributed by atoms with Crippen molar-refractivity contribution < 1.29 is 4.79 Å². The molecule has 0 rings (SSSR count). The number of amides is 1. The Kier molecular flexibility index (Phi) is 5.60. The van der Waals surface area contributed by atoms with Crippen molar-refractivity contribution in [3.63, 3.8) is 0 Å². The molecular formula is C11H17NO. The van der Waals surface area contributed by atoms with Gasteiger partial charge in [0.2, 0.25) is 5.91 Å². The number of hydrogen-bond acceptors (Lipinski definition) is 1. The number of nitrogens with zero attached hydrogens (tertiary/aromatic N) is 1.